The molecule has 1 aromatic rings. The van der Waals surface area contributed by atoms with Crippen LogP contribution in [0, 0.1) is 10.1 Å². The van der Waals surface area contributed by atoms with Gasteiger partial charge in [-0.2, -0.15) is 0 Å². The van der Waals surface area contributed by atoms with Crippen LogP contribution in [-0.2, 0) is 13.6 Å². The van der Waals surface area contributed by atoms with Gasteiger partial charge in [0.2, 0.25) is 0 Å². The number of hydrogen-bond acceptors (Lipinski definition) is 5. The zero-order valence-electron chi connectivity index (χ0n) is 14.2. The maximum atomic E-state index is 11.6. The molecule has 1 aromatic carbocycles. The van der Waals surface area contributed by atoms with E-state index in [-0.39, 0.29) is 23.5 Å². The Balaban J connectivity index is 3.58. The zero-order chi connectivity index (χ0) is 18.0. The number of halogens is 1. The van der Waals surface area contributed by atoms with E-state index in [1.54, 1.807) is 13.0 Å². The molecule has 0 spiro atoms. The van der Waals surface area contributed by atoms with Crippen LogP contribution >= 0.6 is 22.6 Å². The van der Waals surface area contributed by atoms with Crippen LogP contribution in [0.15, 0.2) is 12.1 Å². The van der Waals surface area contributed by atoms with Gasteiger partial charge in [0.25, 0.3) is 5.69 Å². The second-order valence-electron chi connectivity index (χ2n) is 6.63. The quantitative estimate of drug-likeness (QED) is 0.164. The van der Waals surface area contributed by atoms with Gasteiger partial charge in [0.05, 0.1) is 17.6 Å². The summed E-state index contributed by atoms with van der Waals surface area (Å²) in [6.45, 7) is 11.5. The predicted octanol–water partition coefficient (Wildman–Crippen LogP) is 5.10. The van der Waals surface area contributed by atoms with Crippen molar-refractivity contribution in [1.82, 2.24) is 0 Å². The number of benzene rings is 1. The van der Waals surface area contributed by atoms with E-state index in [4.69, 9.17) is 9.47 Å². The average Bonchev–Trinajstić information content (AvgIpc) is 2.35. The van der Waals surface area contributed by atoms with Gasteiger partial charge < -0.3 is 9.47 Å². The largest absolute Gasteiger partial charge is 0.513 e. The van der Waals surface area contributed by atoms with Gasteiger partial charge in [-0.05, 0) is 32.3 Å². The molecule has 0 bridgehead atoms. The predicted molar refractivity (Wildman–Crippen MR) is 96.5 cm³/mol. The second kappa shape index (κ2) is 7.02. The third-order valence-electron chi connectivity index (χ3n) is 3.20. The second-order valence-corrected chi connectivity index (χ2v) is 9.33. The molecular formula is C16H22INO5. The van der Waals surface area contributed by atoms with E-state index < -0.39 is 14.5 Å². The van der Waals surface area contributed by atoms with Gasteiger partial charge in [0.15, 0.2) is 0 Å². The van der Waals surface area contributed by atoms with Crippen molar-refractivity contribution in [3.05, 3.63) is 33.4 Å². The van der Waals surface area contributed by atoms with Crippen LogP contribution in [0.2, 0.25) is 0 Å². The summed E-state index contributed by atoms with van der Waals surface area (Å²) in [6.07, 6.45) is -0.867. The highest BCUT2D eigenvalue weighted by atomic mass is 127. The van der Waals surface area contributed by atoms with Gasteiger partial charge in [0, 0.05) is 14.5 Å². The Morgan fingerprint density at radius 1 is 1.22 bits per heavy atom. The molecule has 128 valence electrons. The van der Waals surface area contributed by atoms with Crippen LogP contribution in [0.4, 0.5) is 10.5 Å². The van der Waals surface area contributed by atoms with E-state index in [1.165, 1.54) is 6.07 Å². The Kier molecular flexibility index (Phi) is 6.00. The molecule has 0 aliphatic carbocycles. The fraction of sp³-hybridized carbons (Fsp3) is 0.562. The number of alkyl halides is 1. The Labute approximate surface area is 149 Å². The summed E-state index contributed by atoms with van der Waals surface area (Å²) in [5, 5.41) is 11.4. The molecule has 0 heterocycles. The Morgan fingerprint density at radius 2 is 1.78 bits per heavy atom. The molecule has 0 amide bonds. The summed E-state index contributed by atoms with van der Waals surface area (Å²) in [6, 6.07) is 3.06. The van der Waals surface area contributed by atoms with E-state index in [0.29, 0.717) is 5.56 Å². The van der Waals surface area contributed by atoms with Gasteiger partial charge in [0.1, 0.15) is 5.75 Å². The molecule has 23 heavy (non-hydrogen) atoms. The molecule has 0 aliphatic heterocycles. The van der Waals surface area contributed by atoms with Crippen LogP contribution in [0.5, 0.6) is 5.75 Å². The third kappa shape index (κ3) is 5.05. The lowest BCUT2D eigenvalue weighted by molar-refractivity contribution is -0.385. The van der Waals surface area contributed by atoms with Crippen LogP contribution in [0.1, 0.15) is 52.7 Å². The average molecular weight is 435 g/mol. The minimum absolute atomic E-state index is 0.0725. The van der Waals surface area contributed by atoms with E-state index in [2.05, 4.69) is 22.6 Å². The van der Waals surface area contributed by atoms with Crippen LogP contribution < -0.4 is 4.74 Å². The molecular weight excluding hydrogens is 413 g/mol. The number of nitrogens with zero attached hydrogens (tertiary/aromatic N) is 1. The Bertz CT molecular complexity index is 614. The molecule has 0 N–H and O–H groups in total. The van der Waals surface area contributed by atoms with Crippen molar-refractivity contribution >= 4 is 34.4 Å². The first-order chi connectivity index (χ1) is 10.4. The summed E-state index contributed by atoms with van der Waals surface area (Å²) < 4.78 is 9.54. The van der Waals surface area contributed by atoms with Gasteiger partial charge in [-0.3, -0.25) is 10.1 Å². The lowest BCUT2D eigenvalue weighted by Crippen LogP contribution is -2.20. The summed E-state index contributed by atoms with van der Waals surface area (Å²) in [4.78, 5) is 22.6. The Hall–Kier alpha value is -1.38. The van der Waals surface area contributed by atoms with Gasteiger partial charge in [-0.1, -0.05) is 43.4 Å². The smallest absolute Gasteiger partial charge is 0.434 e. The van der Waals surface area contributed by atoms with E-state index >= 15 is 0 Å². The van der Waals surface area contributed by atoms with E-state index in [9.17, 15) is 14.9 Å². The minimum atomic E-state index is -0.867. The molecule has 6 nitrogen and oxygen atoms in total. The van der Waals surface area contributed by atoms with Crippen molar-refractivity contribution in [2.75, 3.05) is 6.61 Å². The fourth-order valence-electron chi connectivity index (χ4n) is 2.10. The third-order valence-corrected chi connectivity index (χ3v) is 3.78. The van der Waals surface area contributed by atoms with Crippen molar-refractivity contribution < 1.29 is 19.2 Å². The highest BCUT2D eigenvalue weighted by molar-refractivity contribution is 14.1. The summed E-state index contributed by atoms with van der Waals surface area (Å²) in [7, 11) is 0. The van der Waals surface area contributed by atoms with Crippen LogP contribution in [0.3, 0.4) is 0 Å². The summed E-state index contributed by atoms with van der Waals surface area (Å²) >= 11 is 2.16. The van der Waals surface area contributed by atoms with Gasteiger partial charge in [-0.15, -0.1) is 0 Å². The number of nitro benzene ring substituents is 1. The monoisotopic (exact) mass is 435 g/mol. The number of carbonyl (C=O) groups is 1. The molecule has 0 unspecified atom stereocenters. The van der Waals surface area contributed by atoms with E-state index in [1.807, 2.05) is 34.6 Å². The maximum absolute atomic E-state index is 11.6. The molecule has 0 saturated carbocycles. The highest BCUT2D eigenvalue weighted by Gasteiger charge is 2.32. The number of ether oxygens (including phenoxy) is 2. The highest BCUT2D eigenvalue weighted by Crippen LogP contribution is 2.43. The normalized spacial score (nSPS) is 12.0. The molecule has 0 saturated heterocycles. The first kappa shape index (κ1) is 19.7. The summed E-state index contributed by atoms with van der Waals surface area (Å²) in [5.74, 6) is 0.159. The van der Waals surface area contributed by atoms with Crippen molar-refractivity contribution in [1.29, 1.82) is 0 Å². The number of nitro groups is 1. The first-order valence-corrected chi connectivity index (χ1v) is 8.32. The number of rotatable bonds is 4. The SMILES string of the molecule is CCOC(=O)Oc1cc([N+](=O)[O-])c(C(C)(C)I)cc1C(C)(C)C. The van der Waals surface area contributed by atoms with Crippen molar-refractivity contribution in [3.63, 3.8) is 0 Å². The van der Waals surface area contributed by atoms with Crippen molar-refractivity contribution in [3.8, 4) is 5.75 Å². The molecule has 0 atom stereocenters. The molecule has 0 fully saturated rings. The van der Waals surface area contributed by atoms with Gasteiger partial charge >= 0.3 is 6.16 Å². The number of hydrogen-bond donors (Lipinski definition) is 0. The standard InChI is InChI=1S/C16H22INO5/c1-7-22-14(19)23-13-9-12(18(20)21)10(16(5,6)17)8-11(13)15(2,3)4/h8-9H,7H2,1-6H3. The summed E-state index contributed by atoms with van der Waals surface area (Å²) in [5.41, 5.74) is 0.880. The molecule has 1 rings (SSSR count). The van der Waals surface area contributed by atoms with Crippen LogP contribution in [0.25, 0.3) is 0 Å². The minimum Gasteiger partial charge on any atom is -0.434 e. The molecule has 7 heteroatoms. The maximum Gasteiger partial charge on any atom is 0.513 e. The lowest BCUT2D eigenvalue weighted by atomic mass is 9.83. The van der Waals surface area contributed by atoms with Crippen LogP contribution in [-0.4, -0.2) is 17.7 Å². The lowest BCUT2D eigenvalue weighted by Gasteiger charge is -2.25. The van der Waals surface area contributed by atoms with Crippen molar-refractivity contribution in [2.45, 2.75) is 50.4 Å². The molecule has 0 radical (unpaired) electrons. The molecule has 0 aromatic heterocycles. The van der Waals surface area contributed by atoms with Gasteiger partial charge in [-0.25, -0.2) is 4.79 Å². The van der Waals surface area contributed by atoms with Crippen molar-refractivity contribution in [2.24, 2.45) is 0 Å². The first-order valence-electron chi connectivity index (χ1n) is 7.24. The zero-order valence-corrected chi connectivity index (χ0v) is 16.4. The topological polar surface area (TPSA) is 78.7 Å². The Morgan fingerprint density at radius 3 is 2.17 bits per heavy atom. The fourth-order valence-corrected chi connectivity index (χ4v) is 2.54. The molecule has 0 aliphatic rings. The number of carbonyl (C=O) groups excluding carboxylic acids is 1. The van der Waals surface area contributed by atoms with E-state index in [0.717, 1.165) is 5.56 Å².